The fraction of sp³-hybridized carbons (Fsp3) is 0.529. The van der Waals surface area contributed by atoms with Gasteiger partial charge in [-0.25, -0.2) is 4.98 Å². The maximum absolute atomic E-state index is 5.31. The van der Waals surface area contributed by atoms with E-state index in [9.17, 15) is 0 Å². The molecule has 1 aliphatic rings. The third-order valence-corrected chi connectivity index (χ3v) is 4.36. The number of hydrogen-bond acceptors (Lipinski definition) is 5. The number of anilines is 2. The predicted molar refractivity (Wildman–Crippen MR) is 90.5 cm³/mol. The molecule has 1 aromatic heterocycles. The van der Waals surface area contributed by atoms with Gasteiger partial charge in [0.2, 0.25) is 5.95 Å². The lowest BCUT2D eigenvalue weighted by atomic mass is 10.0. The zero-order valence-electron chi connectivity index (χ0n) is 13.4. The number of nitrogens with one attached hydrogen (secondary N) is 1. The van der Waals surface area contributed by atoms with E-state index in [0.717, 1.165) is 48.8 Å². The van der Waals surface area contributed by atoms with Crippen LogP contribution in [0.1, 0.15) is 19.3 Å². The van der Waals surface area contributed by atoms with Crippen LogP contribution in [0.2, 0.25) is 0 Å². The van der Waals surface area contributed by atoms with E-state index in [-0.39, 0.29) is 0 Å². The van der Waals surface area contributed by atoms with Crippen molar-refractivity contribution >= 4 is 22.7 Å². The highest BCUT2D eigenvalue weighted by Gasteiger charge is 2.19. The van der Waals surface area contributed by atoms with Gasteiger partial charge in [-0.3, -0.25) is 0 Å². The van der Waals surface area contributed by atoms with Gasteiger partial charge in [-0.2, -0.15) is 4.98 Å². The second kappa shape index (κ2) is 6.92. The summed E-state index contributed by atoms with van der Waals surface area (Å²) in [6, 6.07) is 8.15. The van der Waals surface area contributed by atoms with Crippen molar-refractivity contribution in [2.24, 2.45) is 5.92 Å². The lowest BCUT2D eigenvalue weighted by molar-refractivity contribution is 0.146. The van der Waals surface area contributed by atoms with Gasteiger partial charge in [0.25, 0.3) is 0 Å². The Kier molecular flexibility index (Phi) is 4.73. The summed E-state index contributed by atoms with van der Waals surface area (Å²) in [4.78, 5) is 11.8. The van der Waals surface area contributed by atoms with Crippen molar-refractivity contribution in [2.45, 2.75) is 19.3 Å². The summed E-state index contributed by atoms with van der Waals surface area (Å²) in [6.45, 7) is 2.87. The molecule has 1 atom stereocenters. The van der Waals surface area contributed by atoms with Crippen molar-refractivity contribution in [1.29, 1.82) is 0 Å². The first-order valence-corrected chi connectivity index (χ1v) is 8.00. The molecule has 1 saturated heterocycles. The van der Waals surface area contributed by atoms with Gasteiger partial charge >= 0.3 is 0 Å². The van der Waals surface area contributed by atoms with Crippen molar-refractivity contribution in [1.82, 2.24) is 9.97 Å². The quantitative estimate of drug-likeness (QED) is 0.941. The zero-order valence-corrected chi connectivity index (χ0v) is 13.4. The molecule has 0 bridgehead atoms. The molecule has 1 aromatic carbocycles. The van der Waals surface area contributed by atoms with Crippen LogP contribution in [0.15, 0.2) is 24.3 Å². The van der Waals surface area contributed by atoms with Crippen LogP contribution in [-0.2, 0) is 4.74 Å². The summed E-state index contributed by atoms with van der Waals surface area (Å²) in [5.41, 5.74) is 0.995. The van der Waals surface area contributed by atoms with Crippen LogP contribution in [0.25, 0.3) is 10.9 Å². The Bertz CT molecular complexity index is 631. The van der Waals surface area contributed by atoms with Gasteiger partial charge < -0.3 is 15.0 Å². The van der Waals surface area contributed by atoms with Gasteiger partial charge in [-0.05, 0) is 37.3 Å². The maximum atomic E-state index is 5.31. The molecule has 2 aromatic rings. The third-order valence-electron chi connectivity index (χ3n) is 4.36. The number of fused-ring (bicyclic) bond motifs is 1. The summed E-state index contributed by atoms with van der Waals surface area (Å²) in [7, 11) is 3.70. The topological polar surface area (TPSA) is 50.3 Å². The molecule has 0 radical (unpaired) electrons. The summed E-state index contributed by atoms with van der Waals surface area (Å²) >= 11 is 0. The van der Waals surface area contributed by atoms with Crippen molar-refractivity contribution in [2.75, 3.05) is 44.1 Å². The SMILES string of the molecule is CNc1nc(N2CCCC(COC)CC2)nc2ccccc12. The largest absolute Gasteiger partial charge is 0.384 e. The number of hydrogen-bond donors (Lipinski definition) is 1. The molecule has 2 heterocycles. The van der Waals surface area contributed by atoms with Crippen molar-refractivity contribution in [3.05, 3.63) is 24.3 Å². The Morgan fingerprint density at radius 2 is 2.09 bits per heavy atom. The first kappa shape index (κ1) is 15.0. The highest BCUT2D eigenvalue weighted by molar-refractivity contribution is 5.89. The Morgan fingerprint density at radius 3 is 2.91 bits per heavy atom. The molecule has 1 fully saturated rings. The normalized spacial score (nSPS) is 19.2. The molecule has 5 heteroatoms. The van der Waals surface area contributed by atoms with Crippen LogP contribution in [0.3, 0.4) is 0 Å². The number of nitrogens with zero attached hydrogens (tertiary/aromatic N) is 3. The van der Waals surface area contributed by atoms with Gasteiger partial charge in [-0.15, -0.1) is 0 Å². The van der Waals surface area contributed by atoms with Gasteiger partial charge in [0, 0.05) is 39.2 Å². The number of ether oxygens (including phenoxy) is 1. The molecule has 5 nitrogen and oxygen atoms in total. The predicted octanol–water partition coefficient (Wildman–Crippen LogP) is 2.92. The van der Waals surface area contributed by atoms with Gasteiger partial charge in [-0.1, -0.05) is 12.1 Å². The van der Waals surface area contributed by atoms with E-state index in [1.807, 2.05) is 25.2 Å². The van der Waals surface area contributed by atoms with E-state index < -0.39 is 0 Å². The molecule has 0 saturated carbocycles. The lowest BCUT2D eigenvalue weighted by Crippen LogP contribution is -2.26. The minimum Gasteiger partial charge on any atom is -0.384 e. The second-order valence-corrected chi connectivity index (χ2v) is 5.88. The molecule has 1 N–H and O–H groups in total. The van der Waals surface area contributed by atoms with E-state index in [1.165, 1.54) is 12.8 Å². The third kappa shape index (κ3) is 3.14. The number of rotatable bonds is 4. The summed E-state index contributed by atoms with van der Waals surface area (Å²) < 4.78 is 5.31. The van der Waals surface area contributed by atoms with Gasteiger partial charge in [0.1, 0.15) is 5.82 Å². The molecule has 3 rings (SSSR count). The van der Waals surface area contributed by atoms with E-state index in [1.54, 1.807) is 7.11 Å². The minimum atomic E-state index is 0.652. The number of para-hydroxylation sites is 1. The van der Waals surface area contributed by atoms with E-state index in [0.29, 0.717) is 5.92 Å². The smallest absolute Gasteiger partial charge is 0.227 e. The average Bonchev–Trinajstić information content (AvgIpc) is 2.80. The Morgan fingerprint density at radius 1 is 1.23 bits per heavy atom. The summed E-state index contributed by atoms with van der Waals surface area (Å²) in [5, 5.41) is 4.27. The van der Waals surface area contributed by atoms with Crippen molar-refractivity contribution in [3.63, 3.8) is 0 Å². The monoisotopic (exact) mass is 300 g/mol. The second-order valence-electron chi connectivity index (χ2n) is 5.88. The van der Waals surface area contributed by atoms with Crippen LogP contribution in [0, 0.1) is 5.92 Å². The first-order chi connectivity index (χ1) is 10.8. The van der Waals surface area contributed by atoms with Crippen LogP contribution >= 0.6 is 0 Å². The van der Waals surface area contributed by atoms with E-state index in [4.69, 9.17) is 14.7 Å². The molecular weight excluding hydrogens is 276 g/mol. The fourth-order valence-electron chi connectivity index (χ4n) is 3.16. The molecule has 0 aliphatic carbocycles. The molecular formula is C17H24N4O. The highest BCUT2D eigenvalue weighted by atomic mass is 16.5. The average molecular weight is 300 g/mol. The summed E-state index contributed by atoms with van der Waals surface area (Å²) in [6.07, 6.45) is 3.52. The molecule has 118 valence electrons. The summed E-state index contributed by atoms with van der Waals surface area (Å²) in [5.74, 6) is 2.39. The van der Waals surface area contributed by atoms with Crippen molar-refractivity contribution < 1.29 is 4.74 Å². The lowest BCUT2D eigenvalue weighted by Gasteiger charge is -2.21. The molecule has 0 amide bonds. The number of methoxy groups -OCH3 is 1. The Hall–Kier alpha value is -1.88. The molecule has 1 aliphatic heterocycles. The maximum Gasteiger partial charge on any atom is 0.227 e. The fourth-order valence-corrected chi connectivity index (χ4v) is 3.16. The van der Waals surface area contributed by atoms with Crippen molar-refractivity contribution in [3.8, 4) is 0 Å². The van der Waals surface area contributed by atoms with Crippen LogP contribution in [0.5, 0.6) is 0 Å². The Balaban J connectivity index is 1.86. The van der Waals surface area contributed by atoms with E-state index in [2.05, 4.69) is 16.3 Å². The number of aromatic nitrogens is 2. The molecule has 0 spiro atoms. The van der Waals surface area contributed by atoms with Crippen LogP contribution in [0.4, 0.5) is 11.8 Å². The standard InChI is InChI=1S/C17H24N4O/c1-18-16-14-7-3-4-8-15(14)19-17(20-16)21-10-5-6-13(9-11-21)12-22-2/h3-4,7-8,13H,5-6,9-12H2,1-2H3,(H,18,19,20). The minimum absolute atomic E-state index is 0.652. The van der Waals surface area contributed by atoms with Gasteiger partial charge in [0.05, 0.1) is 5.52 Å². The van der Waals surface area contributed by atoms with Crippen LogP contribution < -0.4 is 10.2 Å². The number of benzene rings is 1. The molecule has 22 heavy (non-hydrogen) atoms. The zero-order chi connectivity index (χ0) is 15.4. The molecule has 1 unspecified atom stereocenters. The first-order valence-electron chi connectivity index (χ1n) is 8.00. The highest BCUT2D eigenvalue weighted by Crippen LogP contribution is 2.25. The van der Waals surface area contributed by atoms with Crippen LogP contribution in [-0.4, -0.2) is 43.8 Å². The Labute approximate surface area is 131 Å². The van der Waals surface area contributed by atoms with E-state index >= 15 is 0 Å². The van der Waals surface area contributed by atoms with Gasteiger partial charge in [0.15, 0.2) is 0 Å².